The van der Waals surface area contributed by atoms with E-state index in [4.69, 9.17) is 4.74 Å². The van der Waals surface area contributed by atoms with Crippen LogP contribution in [0.3, 0.4) is 0 Å². The van der Waals surface area contributed by atoms with Crippen molar-refractivity contribution in [2.24, 2.45) is 5.92 Å². The van der Waals surface area contributed by atoms with Crippen LogP contribution >= 0.6 is 0 Å². The van der Waals surface area contributed by atoms with Crippen molar-refractivity contribution in [1.82, 2.24) is 0 Å². The van der Waals surface area contributed by atoms with Crippen molar-refractivity contribution in [3.8, 4) is 0 Å². The van der Waals surface area contributed by atoms with E-state index in [1.54, 1.807) is 0 Å². The predicted octanol–water partition coefficient (Wildman–Crippen LogP) is 5.04. The number of benzene rings is 1. The molecule has 1 nitrogen and oxygen atoms in total. The van der Waals surface area contributed by atoms with Gasteiger partial charge < -0.3 is 4.74 Å². The molecule has 0 aromatic heterocycles. The lowest BCUT2D eigenvalue weighted by molar-refractivity contribution is 0.0361. The van der Waals surface area contributed by atoms with E-state index in [1.165, 1.54) is 42.4 Å². The van der Waals surface area contributed by atoms with Crippen LogP contribution in [0.5, 0.6) is 0 Å². The first-order valence-electron chi connectivity index (χ1n) is 7.57. The van der Waals surface area contributed by atoms with Crippen LogP contribution in [0.1, 0.15) is 50.7 Å². The highest BCUT2D eigenvalue weighted by Crippen LogP contribution is 2.32. The summed E-state index contributed by atoms with van der Waals surface area (Å²) in [6.45, 7) is 7.45. The number of unbranched alkanes of at least 4 members (excludes halogenated alkanes) is 1. The van der Waals surface area contributed by atoms with E-state index in [-0.39, 0.29) is 0 Å². The third-order valence-corrected chi connectivity index (χ3v) is 4.13. The Morgan fingerprint density at radius 2 is 2.05 bits per heavy atom. The SMILES string of the molecule is CCCCC1=CCC(C)C1OCc1ccccc1C. The van der Waals surface area contributed by atoms with Crippen molar-refractivity contribution in [1.29, 1.82) is 0 Å². The van der Waals surface area contributed by atoms with E-state index in [0.717, 1.165) is 6.61 Å². The number of aryl methyl sites for hydroxylation is 1. The van der Waals surface area contributed by atoms with Crippen molar-refractivity contribution >= 4 is 0 Å². The van der Waals surface area contributed by atoms with Gasteiger partial charge in [-0.3, -0.25) is 0 Å². The number of hydrogen-bond donors (Lipinski definition) is 0. The molecule has 0 aliphatic heterocycles. The molecule has 1 aliphatic carbocycles. The first kappa shape index (κ1) is 14.3. The summed E-state index contributed by atoms with van der Waals surface area (Å²) in [4.78, 5) is 0. The molecular formula is C18H26O. The summed E-state index contributed by atoms with van der Waals surface area (Å²) >= 11 is 0. The highest BCUT2D eigenvalue weighted by Gasteiger charge is 2.26. The fourth-order valence-corrected chi connectivity index (χ4v) is 2.79. The minimum absolute atomic E-state index is 0.339. The highest BCUT2D eigenvalue weighted by atomic mass is 16.5. The van der Waals surface area contributed by atoms with E-state index in [2.05, 4.69) is 51.1 Å². The molecule has 1 aromatic carbocycles. The van der Waals surface area contributed by atoms with Crippen LogP contribution in [-0.2, 0) is 11.3 Å². The van der Waals surface area contributed by atoms with Crippen molar-refractivity contribution in [3.05, 3.63) is 47.0 Å². The fraction of sp³-hybridized carbons (Fsp3) is 0.556. The van der Waals surface area contributed by atoms with E-state index in [1.807, 2.05) is 0 Å². The zero-order valence-corrected chi connectivity index (χ0v) is 12.5. The van der Waals surface area contributed by atoms with Gasteiger partial charge >= 0.3 is 0 Å². The van der Waals surface area contributed by atoms with Crippen LogP contribution in [0.15, 0.2) is 35.9 Å². The molecule has 2 atom stereocenters. The standard InChI is InChI=1S/C18H26O/c1-4-5-9-16-12-11-15(3)18(16)19-13-17-10-7-6-8-14(17)2/h6-8,10,12,15,18H,4-5,9,11,13H2,1-3H3. The average Bonchev–Trinajstić information content (AvgIpc) is 2.76. The Hall–Kier alpha value is -1.08. The smallest absolute Gasteiger partial charge is 0.0818 e. The molecule has 2 rings (SSSR count). The molecular weight excluding hydrogens is 232 g/mol. The van der Waals surface area contributed by atoms with E-state index < -0.39 is 0 Å². The number of rotatable bonds is 6. The molecule has 0 saturated heterocycles. The third-order valence-electron chi connectivity index (χ3n) is 4.13. The molecule has 0 bridgehead atoms. The molecule has 0 amide bonds. The quantitative estimate of drug-likeness (QED) is 0.650. The molecule has 1 heteroatoms. The number of hydrogen-bond acceptors (Lipinski definition) is 1. The molecule has 0 fully saturated rings. The van der Waals surface area contributed by atoms with Gasteiger partial charge in [-0.05, 0) is 48.8 Å². The number of ether oxygens (including phenoxy) is 1. The highest BCUT2D eigenvalue weighted by molar-refractivity contribution is 5.25. The molecule has 0 N–H and O–H groups in total. The molecule has 0 heterocycles. The topological polar surface area (TPSA) is 9.23 Å². The second-order valence-electron chi connectivity index (χ2n) is 5.75. The molecule has 1 aliphatic rings. The second kappa shape index (κ2) is 6.91. The van der Waals surface area contributed by atoms with E-state index in [9.17, 15) is 0 Å². The summed E-state index contributed by atoms with van der Waals surface area (Å²) < 4.78 is 6.22. The summed E-state index contributed by atoms with van der Waals surface area (Å²) in [6.07, 6.45) is 7.67. The summed E-state index contributed by atoms with van der Waals surface area (Å²) in [6, 6.07) is 8.51. The molecule has 0 saturated carbocycles. The minimum atomic E-state index is 0.339. The Kier molecular flexibility index (Phi) is 5.21. The lowest BCUT2D eigenvalue weighted by Crippen LogP contribution is -2.19. The normalized spacial score (nSPS) is 22.6. The van der Waals surface area contributed by atoms with Gasteiger partial charge in [0.1, 0.15) is 0 Å². The average molecular weight is 258 g/mol. The molecule has 1 aromatic rings. The first-order chi connectivity index (χ1) is 9.22. The first-order valence-corrected chi connectivity index (χ1v) is 7.57. The van der Waals surface area contributed by atoms with Crippen molar-refractivity contribution in [2.75, 3.05) is 0 Å². The van der Waals surface area contributed by atoms with Crippen molar-refractivity contribution in [3.63, 3.8) is 0 Å². The Labute approximate surface area is 117 Å². The maximum atomic E-state index is 6.22. The third kappa shape index (κ3) is 3.70. The molecule has 0 spiro atoms. The van der Waals surface area contributed by atoms with Gasteiger partial charge in [0, 0.05) is 0 Å². The monoisotopic (exact) mass is 258 g/mol. The Morgan fingerprint density at radius 1 is 1.26 bits per heavy atom. The van der Waals surface area contributed by atoms with Gasteiger partial charge in [0.2, 0.25) is 0 Å². The second-order valence-corrected chi connectivity index (χ2v) is 5.75. The minimum Gasteiger partial charge on any atom is -0.369 e. The van der Waals surface area contributed by atoms with E-state index >= 15 is 0 Å². The lowest BCUT2D eigenvalue weighted by atomic mass is 10.0. The Morgan fingerprint density at radius 3 is 2.79 bits per heavy atom. The summed E-state index contributed by atoms with van der Waals surface area (Å²) in [5.74, 6) is 0.635. The summed E-state index contributed by atoms with van der Waals surface area (Å²) in [7, 11) is 0. The van der Waals surface area contributed by atoms with Gasteiger partial charge in [-0.25, -0.2) is 0 Å². The Balaban J connectivity index is 1.94. The van der Waals surface area contributed by atoms with Crippen LogP contribution in [0, 0.1) is 12.8 Å². The molecule has 104 valence electrons. The summed E-state index contributed by atoms with van der Waals surface area (Å²) in [5, 5.41) is 0. The predicted molar refractivity (Wildman–Crippen MR) is 81.1 cm³/mol. The van der Waals surface area contributed by atoms with Gasteiger partial charge in [-0.2, -0.15) is 0 Å². The van der Waals surface area contributed by atoms with Gasteiger partial charge in [-0.1, -0.05) is 50.6 Å². The molecule has 0 radical (unpaired) electrons. The largest absolute Gasteiger partial charge is 0.369 e. The Bertz CT molecular complexity index is 433. The van der Waals surface area contributed by atoms with Gasteiger partial charge in [0.25, 0.3) is 0 Å². The summed E-state index contributed by atoms with van der Waals surface area (Å²) in [5.41, 5.74) is 4.17. The molecule has 2 unspecified atom stereocenters. The van der Waals surface area contributed by atoms with Crippen LogP contribution in [-0.4, -0.2) is 6.10 Å². The van der Waals surface area contributed by atoms with Gasteiger partial charge in [-0.15, -0.1) is 0 Å². The van der Waals surface area contributed by atoms with E-state index in [0.29, 0.717) is 12.0 Å². The van der Waals surface area contributed by atoms with Crippen LogP contribution in [0.2, 0.25) is 0 Å². The molecule has 19 heavy (non-hydrogen) atoms. The van der Waals surface area contributed by atoms with Crippen molar-refractivity contribution < 1.29 is 4.74 Å². The van der Waals surface area contributed by atoms with Gasteiger partial charge in [0.15, 0.2) is 0 Å². The maximum absolute atomic E-state index is 6.22. The lowest BCUT2D eigenvalue weighted by Gasteiger charge is -2.21. The maximum Gasteiger partial charge on any atom is 0.0818 e. The van der Waals surface area contributed by atoms with Crippen LogP contribution < -0.4 is 0 Å². The zero-order valence-electron chi connectivity index (χ0n) is 12.5. The zero-order chi connectivity index (χ0) is 13.7. The van der Waals surface area contributed by atoms with Crippen LogP contribution in [0.4, 0.5) is 0 Å². The number of allylic oxidation sites excluding steroid dienone is 1. The fourth-order valence-electron chi connectivity index (χ4n) is 2.79. The van der Waals surface area contributed by atoms with Crippen LogP contribution in [0.25, 0.3) is 0 Å². The van der Waals surface area contributed by atoms with Crippen molar-refractivity contribution in [2.45, 2.75) is 59.2 Å². The van der Waals surface area contributed by atoms with Gasteiger partial charge in [0.05, 0.1) is 12.7 Å².